The van der Waals surface area contributed by atoms with E-state index in [1.54, 1.807) is 0 Å². The van der Waals surface area contributed by atoms with Gasteiger partial charge in [0.05, 0.1) is 6.54 Å². The summed E-state index contributed by atoms with van der Waals surface area (Å²) >= 11 is 0. The maximum atomic E-state index is 4.45. The van der Waals surface area contributed by atoms with Gasteiger partial charge >= 0.3 is 0 Å². The van der Waals surface area contributed by atoms with Crippen molar-refractivity contribution < 1.29 is 0 Å². The third kappa shape index (κ3) is 3.06. The van der Waals surface area contributed by atoms with Gasteiger partial charge in [-0.3, -0.25) is 4.99 Å². The van der Waals surface area contributed by atoms with Crippen molar-refractivity contribution in [3.63, 3.8) is 0 Å². The molecule has 1 aromatic carbocycles. The summed E-state index contributed by atoms with van der Waals surface area (Å²) in [6.45, 7) is 6.24. The molecule has 1 fully saturated rings. The predicted molar refractivity (Wildman–Crippen MR) is 84.2 cm³/mol. The SMILES string of the molecule is CC1CN=C(NCc2ccccc2N2CCCCC2)N1. The van der Waals surface area contributed by atoms with Crippen molar-refractivity contribution in [3.05, 3.63) is 29.8 Å². The summed E-state index contributed by atoms with van der Waals surface area (Å²) in [5.41, 5.74) is 2.74. The Hall–Kier alpha value is -1.71. The first-order chi connectivity index (χ1) is 9.83. The number of hydrogen-bond acceptors (Lipinski definition) is 4. The molecular weight excluding hydrogens is 248 g/mol. The van der Waals surface area contributed by atoms with E-state index in [9.17, 15) is 0 Å². The molecule has 1 saturated heterocycles. The van der Waals surface area contributed by atoms with Crippen LogP contribution in [0.25, 0.3) is 0 Å². The molecule has 2 heterocycles. The first-order valence-electron chi connectivity index (χ1n) is 7.70. The molecule has 20 heavy (non-hydrogen) atoms. The lowest BCUT2D eigenvalue weighted by atomic mass is 10.1. The van der Waals surface area contributed by atoms with Crippen molar-refractivity contribution in [1.82, 2.24) is 10.6 Å². The number of nitrogens with one attached hydrogen (secondary N) is 2. The van der Waals surface area contributed by atoms with E-state index in [1.807, 2.05) is 0 Å². The fourth-order valence-corrected chi connectivity index (χ4v) is 2.94. The molecule has 1 unspecified atom stereocenters. The maximum absolute atomic E-state index is 4.45. The Morgan fingerprint density at radius 2 is 2.05 bits per heavy atom. The molecule has 0 spiro atoms. The lowest BCUT2D eigenvalue weighted by molar-refractivity contribution is 0.576. The summed E-state index contributed by atoms with van der Waals surface area (Å²) in [6.07, 6.45) is 4.00. The van der Waals surface area contributed by atoms with E-state index in [0.717, 1.165) is 19.0 Å². The number of guanidine groups is 1. The van der Waals surface area contributed by atoms with Crippen molar-refractivity contribution in [2.75, 3.05) is 24.5 Å². The normalized spacial score (nSPS) is 22.4. The molecule has 2 aliphatic heterocycles. The molecule has 3 rings (SSSR count). The minimum atomic E-state index is 0.454. The van der Waals surface area contributed by atoms with Crippen LogP contribution in [0.5, 0.6) is 0 Å². The summed E-state index contributed by atoms with van der Waals surface area (Å²) in [6, 6.07) is 9.18. The summed E-state index contributed by atoms with van der Waals surface area (Å²) in [7, 11) is 0. The van der Waals surface area contributed by atoms with Crippen LogP contribution in [-0.2, 0) is 6.54 Å². The van der Waals surface area contributed by atoms with Gasteiger partial charge in [0, 0.05) is 31.4 Å². The summed E-state index contributed by atoms with van der Waals surface area (Å²) in [5, 5.41) is 6.77. The Morgan fingerprint density at radius 3 is 2.80 bits per heavy atom. The van der Waals surface area contributed by atoms with Crippen LogP contribution in [-0.4, -0.2) is 31.6 Å². The number of nitrogens with zero attached hydrogens (tertiary/aromatic N) is 2. The van der Waals surface area contributed by atoms with Crippen LogP contribution in [0.3, 0.4) is 0 Å². The van der Waals surface area contributed by atoms with Gasteiger partial charge in [0.15, 0.2) is 5.96 Å². The van der Waals surface area contributed by atoms with E-state index < -0.39 is 0 Å². The summed E-state index contributed by atoms with van der Waals surface area (Å²) in [5.74, 6) is 0.936. The zero-order valence-corrected chi connectivity index (χ0v) is 12.2. The van der Waals surface area contributed by atoms with Crippen molar-refractivity contribution >= 4 is 11.6 Å². The molecule has 0 bridgehead atoms. The van der Waals surface area contributed by atoms with E-state index in [4.69, 9.17) is 0 Å². The van der Waals surface area contributed by atoms with Gasteiger partial charge in [-0.1, -0.05) is 18.2 Å². The molecule has 108 valence electrons. The molecule has 0 amide bonds. The molecule has 0 aromatic heterocycles. The second kappa shape index (κ2) is 6.16. The number of rotatable bonds is 3. The molecule has 1 aromatic rings. The molecule has 1 atom stereocenters. The Labute approximate surface area is 121 Å². The van der Waals surface area contributed by atoms with Gasteiger partial charge in [0.25, 0.3) is 0 Å². The van der Waals surface area contributed by atoms with Crippen molar-refractivity contribution in [2.45, 2.75) is 38.8 Å². The zero-order chi connectivity index (χ0) is 13.8. The average Bonchev–Trinajstić information content (AvgIpc) is 2.92. The van der Waals surface area contributed by atoms with Crippen LogP contribution in [0.1, 0.15) is 31.7 Å². The topological polar surface area (TPSA) is 39.7 Å². The highest BCUT2D eigenvalue weighted by Gasteiger charge is 2.15. The minimum absolute atomic E-state index is 0.454. The first kappa shape index (κ1) is 13.3. The van der Waals surface area contributed by atoms with Gasteiger partial charge in [-0.05, 0) is 37.8 Å². The molecule has 0 radical (unpaired) electrons. The number of para-hydroxylation sites is 1. The van der Waals surface area contributed by atoms with E-state index in [-0.39, 0.29) is 0 Å². The van der Waals surface area contributed by atoms with Gasteiger partial charge in [0.2, 0.25) is 0 Å². The predicted octanol–water partition coefficient (Wildman–Crippen LogP) is 2.11. The van der Waals surface area contributed by atoms with Gasteiger partial charge < -0.3 is 15.5 Å². The van der Waals surface area contributed by atoms with Crippen molar-refractivity contribution in [1.29, 1.82) is 0 Å². The van der Waals surface area contributed by atoms with Crippen LogP contribution in [0.4, 0.5) is 5.69 Å². The third-order valence-corrected chi connectivity index (χ3v) is 4.04. The van der Waals surface area contributed by atoms with E-state index in [0.29, 0.717) is 6.04 Å². The Bertz CT molecular complexity index is 477. The van der Waals surface area contributed by atoms with Crippen LogP contribution < -0.4 is 15.5 Å². The van der Waals surface area contributed by atoms with Crippen LogP contribution in [0, 0.1) is 0 Å². The van der Waals surface area contributed by atoms with Crippen molar-refractivity contribution in [3.8, 4) is 0 Å². The monoisotopic (exact) mass is 272 g/mol. The standard InChI is InChI=1S/C16H24N4/c1-13-11-17-16(19-13)18-12-14-7-3-4-8-15(14)20-9-5-2-6-10-20/h3-4,7-8,13H,2,5-6,9-12H2,1H3,(H2,17,18,19). The number of hydrogen-bond donors (Lipinski definition) is 2. The van der Waals surface area contributed by atoms with E-state index in [1.165, 1.54) is 43.6 Å². The van der Waals surface area contributed by atoms with Gasteiger partial charge in [-0.25, -0.2) is 0 Å². The second-order valence-corrected chi connectivity index (χ2v) is 5.76. The average molecular weight is 272 g/mol. The van der Waals surface area contributed by atoms with Gasteiger partial charge in [-0.2, -0.15) is 0 Å². The second-order valence-electron chi connectivity index (χ2n) is 5.76. The largest absolute Gasteiger partial charge is 0.371 e. The smallest absolute Gasteiger partial charge is 0.191 e. The highest BCUT2D eigenvalue weighted by molar-refractivity contribution is 5.81. The Morgan fingerprint density at radius 1 is 1.25 bits per heavy atom. The maximum Gasteiger partial charge on any atom is 0.191 e. The quantitative estimate of drug-likeness (QED) is 0.885. The zero-order valence-electron chi connectivity index (χ0n) is 12.2. The number of anilines is 1. The highest BCUT2D eigenvalue weighted by atomic mass is 15.2. The van der Waals surface area contributed by atoms with E-state index >= 15 is 0 Å². The van der Waals surface area contributed by atoms with Gasteiger partial charge in [-0.15, -0.1) is 0 Å². The number of piperidine rings is 1. The van der Waals surface area contributed by atoms with Crippen molar-refractivity contribution in [2.24, 2.45) is 4.99 Å². The minimum Gasteiger partial charge on any atom is -0.371 e. The fourth-order valence-electron chi connectivity index (χ4n) is 2.94. The molecule has 0 saturated carbocycles. The highest BCUT2D eigenvalue weighted by Crippen LogP contribution is 2.23. The molecule has 2 N–H and O–H groups in total. The lowest BCUT2D eigenvalue weighted by Gasteiger charge is -2.30. The summed E-state index contributed by atoms with van der Waals surface area (Å²) in [4.78, 5) is 6.98. The van der Waals surface area contributed by atoms with E-state index in [2.05, 4.69) is 51.7 Å². The molecular formula is C16H24N4. The van der Waals surface area contributed by atoms with Gasteiger partial charge in [0.1, 0.15) is 0 Å². The Balaban J connectivity index is 1.66. The third-order valence-electron chi connectivity index (χ3n) is 4.04. The molecule has 2 aliphatic rings. The number of benzene rings is 1. The Kier molecular flexibility index (Phi) is 4.09. The fraction of sp³-hybridized carbons (Fsp3) is 0.562. The molecule has 4 nitrogen and oxygen atoms in total. The first-order valence-corrected chi connectivity index (χ1v) is 7.70. The van der Waals surface area contributed by atoms with Crippen LogP contribution in [0.15, 0.2) is 29.3 Å². The summed E-state index contributed by atoms with van der Waals surface area (Å²) < 4.78 is 0. The lowest BCUT2D eigenvalue weighted by Crippen LogP contribution is -2.37. The molecule has 4 heteroatoms. The van der Waals surface area contributed by atoms with Crippen LogP contribution >= 0.6 is 0 Å². The van der Waals surface area contributed by atoms with Crippen LogP contribution in [0.2, 0.25) is 0 Å². The number of aliphatic imine (C=N–C) groups is 1. The molecule has 0 aliphatic carbocycles.